The van der Waals surface area contributed by atoms with Crippen LogP contribution in [0.2, 0.25) is 6.55 Å². The number of hydrogen-bond acceptors (Lipinski definition) is 1. The van der Waals surface area contributed by atoms with Crippen molar-refractivity contribution < 1.29 is 4.43 Å². The zero-order valence-electron chi connectivity index (χ0n) is 8.76. The Morgan fingerprint density at radius 2 is 1.33 bits per heavy atom. The van der Waals surface area contributed by atoms with E-state index >= 15 is 0 Å². The van der Waals surface area contributed by atoms with Gasteiger partial charge in [-0.15, -0.1) is 0 Å². The van der Waals surface area contributed by atoms with E-state index < -0.39 is 9.04 Å². The van der Waals surface area contributed by atoms with Gasteiger partial charge in [-0.3, -0.25) is 0 Å². The molecule has 0 fully saturated rings. The Morgan fingerprint density at radius 3 is 1.93 bits per heavy atom. The van der Waals surface area contributed by atoms with Crippen LogP contribution in [0.4, 0.5) is 0 Å². The predicted octanol–water partition coefficient (Wildman–Crippen LogP) is 2.33. The van der Waals surface area contributed by atoms with Crippen molar-refractivity contribution in [2.45, 2.75) is 6.55 Å². The molecule has 0 aliphatic carbocycles. The summed E-state index contributed by atoms with van der Waals surface area (Å²) in [5.41, 5.74) is 0. The Labute approximate surface area is 92.1 Å². The lowest BCUT2D eigenvalue weighted by molar-refractivity contribution is 0.586. The highest BCUT2D eigenvalue weighted by Crippen LogP contribution is 2.09. The van der Waals surface area contributed by atoms with Gasteiger partial charge in [0.05, 0.1) is 0 Å². The Morgan fingerprint density at radius 1 is 0.800 bits per heavy atom. The van der Waals surface area contributed by atoms with Gasteiger partial charge in [-0.25, -0.2) is 0 Å². The quantitative estimate of drug-likeness (QED) is 0.713. The van der Waals surface area contributed by atoms with Crippen molar-refractivity contribution in [2.75, 3.05) is 0 Å². The lowest BCUT2D eigenvalue weighted by Crippen LogP contribution is -2.32. The average molecular weight is 214 g/mol. The molecule has 0 spiro atoms. The minimum absolute atomic E-state index is 0.973. The molecule has 0 bridgehead atoms. The Kier molecular flexibility index (Phi) is 3.20. The molecule has 0 aromatic heterocycles. The van der Waals surface area contributed by atoms with Crippen molar-refractivity contribution >= 4 is 14.2 Å². The van der Waals surface area contributed by atoms with Gasteiger partial charge >= 0.3 is 0 Å². The van der Waals surface area contributed by atoms with Crippen LogP contribution in [0.25, 0.3) is 0 Å². The van der Waals surface area contributed by atoms with Crippen LogP contribution in [0.5, 0.6) is 5.75 Å². The first kappa shape index (κ1) is 9.99. The zero-order valence-corrected chi connectivity index (χ0v) is 9.91. The molecule has 0 saturated heterocycles. The van der Waals surface area contributed by atoms with Crippen molar-refractivity contribution in [1.82, 2.24) is 0 Å². The maximum absolute atomic E-state index is 5.94. The first-order valence-electron chi connectivity index (χ1n) is 5.13. The molecule has 0 aliphatic rings. The second kappa shape index (κ2) is 4.80. The number of hydrogen-bond donors (Lipinski definition) is 0. The normalized spacial score (nSPS) is 12.1. The minimum atomic E-state index is -1.29. The van der Waals surface area contributed by atoms with Crippen molar-refractivity contribution in [3.05, 3.63) is 60.7 Å². The Bertz CT molecular complexity index is 399. The topological polar surface area (TPSA) is 9.23 Å². The number of benzene rings is 2. The summed E-state index contributed by atoms with van der Waals surface area (Å²) in [4.78, 5) is 0. The second-order valence-corrected chi connectivity index (χ2v) is 5.67. The molecule has 15 heavy (non-hydrogen) atoms. The summed E-state index contributed by atoms with van der Waals surface area (Å²) in [5.74, 6) is 0.973. The summed E-state index contributed by atoms with van der Waals surface area (Å²) in [6.07, 6.45) is 0. The second-order valence-electron chi connectivity index (χ2n) is 3.48. The van der Waals surface area contributed by atoms with Gasteiger partial charge in [0.15, 0.2) is 0 Å². The molecule has 2 rings (SSSR count). The molecule has 2 aromatic carbocycles. The van der Waals surface area contributed by atoms with Gasteiger partial charge in [0, 0.05) is 0 Å². The molecule has 1 unspecified atom stereocenters. The molecule has 0 aliphatic heterocycles. The van der Waals surface area contributed by atoms with Gasteiger partial charge in [-0.1, -0.05) is 48.5 Å². The number of rotatable bonds is 3. The van der Waals surface area contributed by atoms with Gasteiger partial charge < -0.3 is 4.43 Å². The van der Waals surface area contributed by atoms with Crippen LogP contribution in [-0.4, -0.2) is 9.04 Å². The largest absolute Gasteiger partial charge is 0.542 e. The minimum Gasteiger partial charge on any atom is -0.542 e. The molecule has 0 heterocycles. The van der Waals surface area contributed by atoms with Crippen LogP contribution >= 0.6 is 0 Å². The molecule has 2 heteroatoms. The van der Waals surface area contributed by atoms with E-state index in [0.29, 0.717) is 0 Å². The summed E-state index contributed by atoms with van der Waals surface area (Å²) in [7, 11) is -1.29. The molecule has 76 valence electrons. The summed E-state index contributed by atoms with van der Waals surface area (Å²) in [6.45, 7) is 2.20. The van der Waals surface area contributed by atoms with Crippen molar-refractivity contribution in [1.29, 1.82) is 0 Å². The van der Waals surface area contributed by atoms with Gasteiger partial charge in [-0.2, -0.15) is 0 Å². The van der Waals surface area contributed by atoms with E-state index in [-0.39, 0.29) is 0 Å². The van der Waals surface area contributed by atoms with E-state index in [9.17, 15) is 0 Å². The summed E-state index contributed by atoms with van der Waals surface area (Å²) >= 11 is 0. The standard InChI is InChI=1S/C13H14OSi/c1-15(13-10-6-3-7-11-13)14-12-8-4-2-5-9-12/h2-11,15H,1H3. The third-order valence-corrected chi connectivity index (χ3v) is 4.27. The van der Waals surface area contributed by atoms with Crippen LogP contribution in [-0.2, 0) is 0 Å². The molecule has 2 aromatic rings. The van der Waals surface area contributed by atoms with Gasteiger partial charge in [0.25, 0.3) is 9.04 Å². The monoisotopic (exact) mass is 214 g/mol. The zero-order chi connectivity index (χ0) is 10.5. The van der Waals surface area contributed by atoms with Crippen LogP contribution in [0.15, 0.2) is 60.7 Å². The van der Waals surface area contributed by atoms with Gasteiger partial charge in [0.1, 0.15) is 5.75 Å². The average Bonchev–Trinajstić information content (AvgIpc) is 2.31. The maximum Gasteiger partial charge on any atom is 0.264 e. The summed E-state index contributed by atoms with van der Waals surface area (Å²) in [6, 6.07) is 20.5. The highest BCUT2D eigenvalue weighted by Gasteiger charge is 2.08. The molecule has 1 atom stereocenters. The fourth-order valence-corrected chi connectivity index (χ4v) is 2.96. The first-order chi connectivity index (χ1) is 7.36. The highest BCUT2D eigenvalue weighted by molar-refractivity contribution is 6.66. The Hall–Kier alpha value is -1.54. The molecular weight excluding hydrogens is 200 g/mol. The molecule has 0 N–H and O–H groups in total. The predicted molar refractivity (Wildman–Crippen MR) is 66.2 cm³/mol. The van der Waals surface area contributed by atoms with Crippen LogP contribution in [0, 0.1) is 0 Å². The maximum atomic E-state index is 5.94. The molecule has 0 saturated carbocycles. The van der Waals surface area contributed by atoms with E-state index in [1.165, 1.54) is 5.19 Å². The summed E-state index contributed by atoms with van der Waals surface area (Å²) < 4.78 is 5.94. The Balaban J connectivity index is 2.08. The smallest absolute Gasteiger partial charge is 0.264 e. The van der Waals surface area contributed by atoms with E-state index in [4.69, 9.17) is 4.43 Å². The molecule has 1 nitrogen and oxygen atoms in total. The van der Waals surface area contributed by atoms with Crippen molar-refractivity contribution in [2.24, 2.45) is 0 Å². The molecule has 0 radical (unpaired) electrons. The fourth-order valence-electron chi connectivity index (χ4n) is 1.50. The van der Waals surface area contributed by atoms with Gasteiger partial charge in [0.2, 0.25) is 0 Å². The van der Waals surface area contributed by atoms with Crippen molar-refractivity contribution in [3.63, 3.8) is 0 Å². The lowest BCUT2D eigenvalue weighted by Gasteiger charge is -2.13. The third-order valence-electron chi connectivity index (χ3n) is 2.33. The van der Waals surface area contributed by atoms with E-state index in [2.05, 4.69) is 30.8 Å². The van der Waals surface area contributed by atoms with E-state index in [1.807, 2.05) is 36.4 Å². The molecular formula is C13H14OSi. The van der Waals surface area contributed by atoms with Crippen LogP contribution in [0.1, 0.15) is 0 Å². The van der Waals surface area contributed by atoms with Crippen LogP contribution in [0.3, 0.4) is 0 Å². The lowest BCUT2D eigenvalue weighted by atomic mass is 10.3. The van der Waals surface area contributed by atoms with Crippen molar-refractivity contribution in [3.8, 4) is 5.75 Å². The summed E-state index contributed by atoms with van der Waals surface area (Å²) in [5, 5.41) is 1.33. The SMILES string of the molecule is C[SiH](Oc1ccccc1)c1ccccc1. The third kappa shape index (κ3) is 2.70. The van der Waals surface area contributed by atoms with E-state index in [0.717, 1.165) is 5.75 Å². The first-order valence-corrected chi connectivity index (χ1v) is 7.33. The highest BCUT2D eigenvalue weighted by atomic mass is 28.3. The van der Waals surface area contributed by atoms with Crippen LogP contribution < -0.4 is 9.61 Å². The van der Waals surface area contributed by atoms with E-state index in [1.54, 1.807) is 0 Å². The number of para-hydroxylation sites is 1. The molecule has 0 amide bonds. The fraction of sp³-hybridized carbons (Fsp3) is 0.0769. The van der Waals surface area contributed by atoms with Gasteiger partial charge in [-0.05, 0) is 23.9 Å².